The van der Waals surface area contributed by atoms with Gasteiger partial charge in [-0.15, -0.1) is 0 Å². The number of carbonyl (C=O) groups excluding carboxylic acids is 1. The summed E-state index contributed by atoms with van der Waals surface area (Å²) >= 11 is 0. The summed E-state index contributed by atoms with van der Waals surface area (Å²) in [6.45, 7) is 16.3. The zero-order valence-electron chi connectivity index (χ0n) is 22.6. The molecule has 0 radical (unpaired) electrons. The smallest absolute Gasteiger partial charge is 0.227 e. The lowest BCUT2D eigenvalue weighted by atomic mass is 9.41. The first-order valence-corrected chi connectivity index (χ1v) is 14.0. The van der Waals surface area contributed by atoms with Crippen LogP contribution in [0.25, 0.3) is 0 Å². The number of allylic oxidation sites excluding steroid dienone is 2. The molecule has 4 fully saturated rings. The van der Waals surface area contributed by atoms with Gasteiger partial charge in [-0.3, -0.25) is 4.79 Å². The standard InChI is InChI=1S/C30H48O4/c1-18(2)25(32)30(33)16-19(17-34-30)20-10-14-29(7)22-8-9-23-26(3,4)24(31)12-13-27(23,5)21(22)11-15-28(20,29)6/h8,18-21,23-24,31,33H,9-17H2,1-7H3. The molecule has 0 bridgehead atoms. The maximum atomic E-state index is 12.7. The Morgan fingerprint density at radius 2 is 1.76 bits per heavy atom. The molecule has 5 aliphatic rings. The number of hydrogen-bond donors (Lipinski definition) is 2. The van der Waals surface area contributed by atoms with Crippen molar-refractivity contribution in [2.45, 2.75) is 112 Å². The first-order chi connectivity index (χ1) is 15.7. The molecule has 0 spiro atoms. The van der Waals surface area contributed by atoms with Gasteiger partial charge in [0.25, 0.3) is 0 Å². The largest absolute Gasteiger partial charge is 0.393 e. The lowest BCUT2D eigenvalue weighted by molar-refractivity contribution is -0.189. The molecular formula is C30H48O4. The van der Waals surface area contributed by atoms with E-state index in [1.807, 2.05) is 13.8 Å². The van der Waals surface area contributed by atoms with Crippen molar-refractivity contribution in [1.82, 2.24) is 0 Å². The van der Waals surface area contributed by atoms with E-state index in [-0.39, 0.29) is 45.4 Å². The van der Waals surface area contributed by atoms with Gasteiger partial charge in [-0.1, -0.05) is 60.1 Å². The number of ether oxygens (including phenoxy) is 1. The predicted molar refractivity (Wildman–Crippen MR) is 134 cm³/mol. The molecule has 5 rings (SSSR count). The van der Waals surface area contributed by atoms with Crippen LogP contribution in [0.4, 0.5) is 0 Å². The molecule has 0 amide bonds. The molecule has 192 valence electrons. The summed E-state index contributed by atoms with van der Waals surface area (Å²) in [6, 6.07) is 0. The van der Waals surface area contributed by atoms with Gasteiger partial charge in [-0.2, -0.15) is 0 Å². The first-order valence-electron chi connectivity index (χ1n) is 14.0. The summed E-state index contributed by atoms with van der Waals surface area (Å²) in [6.07, 6.45) is 10.7. The quantitative estimate of drug-likeness (QED) is 0.502. The average Bonchev–Trinajstić information content (AvgIpc) is 3.28. The number of hydrogen-bond acceptors (Lipinski definition) is 4. The molecule has 0 aromatic carbocycles. The van der Waals surface area contributed by atoms with Crippen LogP contribution in [0.5, 0.6) is 0 Å². The Morgan fingerprint density at radius 3 is 2.44 bits per heavy atom. The molecule has 3 saturated carbocycles. The molecular weight excluding hydrogens is 424 g/mol. The van der Waals surface area contributed by atoms with Crippen molar-refractivity contribution >= 4 is 5.78 Å². The summed E-state index contributed by atoms with van der Waals surface area (Å²) < 4.78 is 5.84. The van der Waals surface area contributed by atoms with Gasteiger partial charge in [0.05, 0.1) is 12.7 Å². The molecule has 9 atom stereocenters. The highest BCUT2D eigenvalue weighted by atomic mass is 16.6. The van der Waals surface area contributed by atoms with E-state index in [0.717, 1.165) is 25.7 Å². The molecule has 2 N–H and O–H groups in total. The van der Waals surface area contributed by atoms with Crippen molar-refractivity contribution in [1.29, 1.82) is 0 Å². The van der Waals surface area contributed by atoms with Gasteiger partial charge in [0.1, 0.15) is 0 Å². The predicted octanol–water partition coefficient (Wildman–Crippen LogP) is 5.90. The fraction of sp³-hybridized carbons (Fsp3) is 0.900. The van der Waals surface area contributed by atoms with Crippen LogP contribution >= 0.6 is 0 Å². The number of rotatable bonds is 3. The molecule has 1 saturated heterocycles. The Hall–Kier alpha value is -0.710. The summed E-state index contributed by atoms with van der Waals surface area (Å²) in [5, 5.41) is 21.8. The third-order valence-electron chi connectivity index (χ3n) is 12.4. The maximum absolute atomic E-state index is 12.7. The molecule has 34 heavy (non-hydrogen) atoms. The monoisotopic (exact) mass is 472 g/mol. The van der Waals surface area contributed by atoms with Gasteiger partial charge >= 0.3 is 0 Å². The molecule has 0 aromatic rings. The van der Waals surface area contributed by atoms with Gasteiger partial charge in [0.15, 0.2) is 5.78 Å². The van der Waals surface area contributed by atoms with Crippen molar-refractivity contribution in [2.24, 2.45) is 51.2 Å². The molecule has 1 aliphatic heterocycles. The van der Waals surface area contributed by atoms with E-state index in [1.165, 1.54) is 19.3 Å². The topological polar surface area (TPSA) is 66.8 Å². The minimum Gasteiger partial charge on any atom is -0.393 e. The number of carbonyl (C=O) groups is 1. The van der Waals surface area contributed by atoms with Crippen molar-refractivity contribution in [3.8, 4) is 0 Å². The fourth-order valence-electron chi connectivity index (χ4n) is 10.1. The Balaban J connectivity index is 1.44. The third-order valence-corrected chi connectivity index (χ3v) is 12.4. The van der Waals surface area contributed by atoms with Gasteiger partial charge in [-0.25, -0.2) is 0 Å². The highest BCUT2D eigenvalue weighted by molar-refractivity contribution is 5.87. The van der Waals surface area contributed by atoms with Gasteiger partial charge in [-0.05, 0) is 90.3 Å². The first kappa shape index (κ1) is 25.0. The van der Waals surface area contributed by atoms with E-state index in [0.29, 0.717) is 30.8 Å². The second-order valence-corrected chi connectivity index (χ2v) is 14.4. The number of aliphatic hydroxyl groups excluding tert-OH is 1. The lowest BCUT2D eigenvalue weighted by Crippen LogP contribution is -2.58. The zero-order chi connectivity index (χ0) is 24.9. The van der Waals surface area contributed by atoms with Gasteiger partial charge in [0, 0.05) is 12.3 Å². The molecule has 9 unspecified atom stereocenters. The van der Waals surface area contributed by atoms with Gasteiger partial charge < -0.3 is 14.9 Å². The lowest BCUT2D eigenvalue weighted by Gasteiger charge is -2.64. The second kappa shape index (κ2) is 7.65. The molecule has 0 aromatic heterocycles. The summed E-state index contributed by atoms with van der Waals surface area (Å²) in [5.74, 6) is -0.124. The highest BCUT2D eigenvalue weighted by Gasteiger charge is 2.66. The Kier molecular flexibility index (Phi) is 5.62. The van der Waals surface area contributed by atoms with Crippen LogP contribution in [-0.4, -0.2) is 34.5 Å². The van der Waals surface area contributed by atoms with Crippen LogP contribution in [0.15, 0.2) is 11.6 Å². The summed E-state index contributed by atoms with van der Waals surface area (Å²) in [4.78, 5) is 12.7. The van der Waals surface area contributed by atoms with Gasteiger partial charge in [0.2, 0.25) is 5.79 Å². The van der Waals surface area contributed by atoms with E-state index >= 15 is 0 Å². The van der Waals surface area contributed by atoms with Crippen LogP contribution in [0.3, 0.4) is 0 Å². The van der Waals surface area contributed by atoms with E-state index < -0.39 is 5.79 Å². The average molecular weight is 473 g/mol. The van der Waals surface area contributed by atoms with Crippen LogP contribution in [0.2, 0.25) is 0 Å². The fourth-order valence-corrected chi connectivity index (χ4v) is 10.1. The minimum absolute atomic E-state index is 0.0382. The highest BCUT2D eigenvalue weighted by Crippen LogP contribution is 2.73. The Morgan fingerprint density at radius 1 is 1.06 bits per heavy atom. The van der Waals surface area contributed by atoms with Crippen molar-refractivity contribution in [2.75, 3.05) is 6.61 Å². The molecule has 4 aliphatic carbocycles. The van der Waals surface area contributed by atoms with Crippen LogP contribution in [0, 0.1) is 51.2 Å². The van der Waals surface area contributed by atoms with E-state index in [4.69, 9.17) is 4.74 Å². The second-order valence-electron chi connectivity index (χ2n) is 14.4. The van der Waals surface area contributed by atoms with Crippen LogP contribution in [-0.2, 0) is 9.53 Å². The van der Waals surface area contributed by atoms with E-state index in [9.17, 15) is 15.0 Å². The Labute approximate surface area is 206 Å². The molecule has 4 nitrogen and oxygen atoms in total. The maximum Gasteiger partial charge on any atom is 0.227 e. The van der Waals surface area contributed by atoms with Crippen LogP contribution < -0.4 is 0 Å². The summed E-state index contributed by atoms with van der Waals surface area (Å²) in [5.41, 5.74) is 2.25. The van der Waals surface area contributed by atoms with E-state index in [1.54, 1.807) is 5.57 Å². The minimum atomic E-state index is -1.59. The van der Waals surface area contributed by atoms with E-state index in [2.05, 4.69) is 40.7 Å². The molecule has 4 heteroatoms. The zero-order valence-corrected chi connectivity index (χ0v) is 22.6. The Bertz CT molecular complexity index is 890. The summed E-state index contributed by atoms with van der Waals surface area (Å²) in [7, 11) is 0. The molecule has 1 heterocycles. The van der Waals surface area contributed by atoms with Crippen LogP contribution in [0.1, 0.15) is 99.8 Å². The number of ketones is 1. The van der Waals surface area contributed by atoms with Crippen molar-refractivity contribution in [3.05, 3.63) is 11.6 Å². The number of aliphatic hydroxyl groups is 2. The number of fused-ring (bicyclic) bond motifs is 5. The number of Topliss-reactive ketones (excluding diaryl/α,β-unsaturated/α-hetero) is 1. The normalized spacial score (nSPS) is 52.1. The van der Waals surface area contributed by atoms with Crippen molar-refractivity contribution in [3.63, 3.8) is 0 Å². The SMILES string of the molecule is CC(C)C(=O)C1(O)CC(C2CCC3(C)C4=CCC5C(C)(C)C(O)CCC5(C)C4CCC23C)CO1. The third kappa shape index (κ3) is 3.10. The van der Waals surface area contributed by atoms with Crippen molar-refractivity contribution < 1.29 is 19.7 Å².